The molecule has 0 aromatic heterocycles. The quantitative estimate of drug-likeness (QED) is 0.879. The van der Waals surface area contributed by atoms with E-state index in [1.807, 2.05) is 0 Å². The lowest BCUT2D eigenvalue weighted by atomic mass is 9.69. The van der Waals surface area contributed by atoms with Crippen LogP contribution in [0.2, 0.25) is 0 Å². The fourth-order valence-corrected chi connectivity index (χ4v) is 5.28. The van der Waals surface area contributed by atoms with Crippen LogP contribution in [0.3, 0.4) is 0 Å². The van der Waals surface area contributed by atoms with E-state index in [1.165, 1.54) is 18.6 Å². The summed E-state index contributed by atoms with van der Waals surface area (Å²) in [4.78, 5) is 12.0. The van der Waals surface area contributed by atoms with E-state index in [1.54, 1.807) is 0 Å². The normalized spacial score (nSPS) is 30.6. The third-order valence-corrected chi connectivity index (χ3v) is 8.18. The van der Waals surface area contributed by atoms with Gasteiger partial charge >= 0.3 is 5.76 Å². The molecule has 2 bridgehead atoms. The molecular weight excluding hydrogens is 348 g/mol. The number of sulfone groups is 1. The first kappa shape index (κ1) is 18.3. The number of alkyl halides is 2. The number of halogens is 2. The van der Waals surface area contributed by atoms with Gasteiger partial charge in [-0.3, -0.25) is 4.79 Å². The van der Waals surface area contributed by atoms with Crippen molar-refractivity contribution in [3.63, 3.8) is 0 Å². The highest BCUT2D eigenvalue weighted by molar-refractivity contribution is 7.91. The zero-order valence-electron chi connectivity index (χ0n) is 14.6. The number of fused-ring (bicyclic) bond motifs is 2. The molecule has 1 aromatic rings. The Morgan fingerprint density at radius 3 is 2.24 bits per heavy atom. The number of hydrogen-bond acceptors (Lipinski definition) is 3. The number of hydrogen-bond donors (Lipinski definition) is 1. The third kappa shape index (κ3) is 2.67. The summed E-state index contributed by atoms with van der Waals surface area (Å²) in [5.74, 6) is -3.18. The van der Waals surface area contributed by atoms with Gasteiger partial charge in [-0.2, -0.15) is 8.78 Å². The molecule has 4 nitrogen and oxygen atoms in total. The molecule has 138 valence electrons. The van der Waals surface area contributed by atoms with Gasteiger partial charge in [-0.15, -0.1) is 0 Å². The zero-order chi connectivity index (χ0) is 18.6. The first-order valence-corrected chi connectivity index (χ1v) is 9.98. The molecule has 2 aliphatic rings. The van der Waals surface area contributed by atoms with Crippen LogP contribution in [0, 0.1) is 16.7 Å². The van der Waals surface area contributed by atoms with E-state index in [4.69, 9.17) is 0 Å². The third-order valence-electron chi connectivity index (χ3n) is 6.78. The second-order valence-electron chi connectivity index (χ2n) is 7.97. The summed E-state index contributed by atoms with van der Waals surface area (Å²) in [5.41, 5.74) is 0.476. The predicted molar refractivity (Wildman–Crippen MR) is 90.1 cm³/mol. The summed E-state index contributed by atoms with van der Waals surface area (Å²) in [6, 6.07) is 4.75. The molecule has 0 unspecified atom stereocenters. The molecule has 2 aliphatic carbocycles. The van der Waals surface area contributed by atoms with Gasteiger partial charge in [0.15, 0.2) is 0 Å². The molecule has 0 heterocycles. The molecule has 0 aliphatic heterocycles. The predicted octanol–water partition coefficient (Wildman–Crippen LogP) is 3.63. The highest BCUT2D eigenvalue weighted by atomic mass is 32.2. The molecule has 0 spiro atoms. The van der Waals surface area contributed by atoms with E-state index in [0.29, 0.717) is 5.92 Å². The lowest BCUT2D eigenvalue weighted by Crippen LogP contribution is -2.46. The van der Waals surface area contributed by atoms with E-state index in [0.717, 1.165) is 25.0 Å². The average molecular weight is 371 g/mol. The van der Waals surface area contributed by atoms with Crippen molar-refractivity contribution in [3.8, 4) is 0 Å². The number of carbonyl (C=O) groups excluding carboxylic acids is 1. The lowest BCUT2D eigenvalue weighted by molar-refractivity contribution is 0.0826. The fourth-order valence-electron chi connectivity index (χ4n) is 4.56. The van der Waals surface area contributed by atoms with Crippen LogP contribution in [0.5, 0.6) is 0 Å². The summed E-state index contributed by atoms with van der Waals surface area (Å²) in [5, 5.41) is 3.07. The molecule has 2 saturated carbocycles. The number of carbonyl (C=O) groups is 1. The van der Waals surface area contributed by atoms with Crippen LogP contribution in [0.1, 0.15) is 50.4 Å². The van der Waals surface area contributed by atoms with Gasteiger partial charge in [-0.25, -0.2) is 8.42 Å². The van der Waals surface area contributed by atoms with Crippen molar-refractivity contribution >= 4 is 15.7 Å². The fraction of sp³-hybridized carbons (Fsp3) is 0.611. The minimum absolute atomic E-state index is 0.0340. The zero-order valence-corrected chi connectivity index (χ0v) is 15.4. The van der Waals surface area contributed by atoms with Crippen LogP contribution >= 0.6 is 0 Å². The Labute approximate surface area is 146 Å². The molecule has 2 fully saturated rings. The molecule has 0 saturated heterocycles. The van der Waals surface area contributed by atoms with Gasteiger partial charge in [-0.1, -0.05) is 20.8 Å². The number of nitrogens with one attached hydrogen (secondary N) is 1. The van der Waals surface area contributed by atoms with Crippen LogP contribution in [0.4, 0.5) is 8.78 Å². The molecular formula is C18H23F2NO3S. The second kappa shape index (κ2) is 5.76. The largest absolute Gasteiger partial charge is 0.349 e. The van der Waals surface area contributed by atoms with E-state index in [-0.39, 0.29) is 28.3 Å². The van der Waals surface area contributed by atoms with Gasteiger partial charge in [0.1, 0.15) is 0 Å². The van der Waals surface area contributed by atoms with E-state index >= 15 is 0 Å². The maximum Gasteiger partial charge on any atom is 0.341 e. The molecule has 3 atom stereocenters. The summed E-state index contributed by atoms with van der Waals surface area (Å²) in [6.07, 6.45) is 3.18. The summed E-state index contributed by atoms with van der Waals surface area (Å²) in [7, 11) is -4.64. The van der Waals surface area contributed by atoms with Gasteiger partial charge in [0.25, 0.3) is 5.91 Å². The lowest BCUT2D eigenvalue weighted by Gasteiger charge is -2.39. The van der Waals surface area contributed by atoms with E-state index < -0.39 is 20.5 Å². The van der Waals surface area contributed by atoms with Gasteiger partial charge in [0.2, 0.25) is 9.84 Å². The maximum absolute atomic E-state index is 12.6. The van der Waals surface area contributed by atoms with E-state index in [2.05, 4.69) is 26.1 Å². The first-order valence-electron chi connectivity index (χ1n) is 8.43. The van der Waals surface area contributed by atoms with Gasteiger partial charge < -0.3 is 5.32 Å². The van der Waals surface area contributed by atoms with Crippen LogP contribution in [-0.2, 0) is 9.84 Å². The first-order chi connectivity index (χ1) is 11.5. The van der Waals surface area contributed by atoms with Crippen molar-refractivity contribution in [2.75, 3.05) is 0 Å². The Hall–Kier alpha value is -1.50. The van der Waals surface area contributed by atoms with Crippen LogP contribution in [-0.4, -0.2) is 26.1 Å². The van der Waals surface area contributed by atoms with Crippen molar-refractivity contribution in [1.82, 2.24) is 5.32 Å². The maximum atomic E-state index is 12.6. The Bertz CT molecular complexity index is 789. The number of benzene rings is 1. The van der Waals surface area contributed by atoms with Crippen LogP contribution in [0.25, 0.3) is 0 Å². The second-order valence-corrected chi connectivity index (χ2v) is 9.88. The molecule has 25 heavy (non-hydrogen) atoms. The average Bonchev–Trinajstić information content (AvgIpc) is 2.88. The van der Waals surface area contributed by atoms with Crippen molar-refractivity contribution in [3.05, 3.63) is 29.8 Å². The highest BCUT2D eigenvalue weighted by Crippen LogP contribution is 2.65. The summed E-state index contributed by atoms with van der Waals surface area (Å²) < 4.78 is 48.0. The van der Waals surface area contributed by atoms with Gasteiger partial charge in [0.05, 0.1) is 4.90 Å². The smallest absolute Gasteiger partial charge is 0.341 e. The number of amides is 1. The van der Waals surface area contributed by atoms with Gasteiger partial charge in [0, 0.05) is 11.6 Å². The molecule has 1 amide bonds. The van der Waals surface area contributed by atoms with Gasteiger partial charge in [-0.05, 0) is 60.3 Å². The highest BCUT2D eigenvalue weighted by Gasteiger charge is 2.61. The topological polar surface area (TPSA) is 63.2 Å². The van der Waals surface area contributed by atoms with Crippen LogP contribution < -0.4 is 5.32 Å². The summed E-state index contributed by atoms with van der Waals surface area (Å²) >= 11 is 0. The SMILES string of the molecule is CC1(C)[C@H]2CC[C@@]1(C)[C@@H](NC(=O)c1ccc(S(=O)(=O)C(F)F)cc1)C2. The Kier molecular flexibility index (Phi) is 4.21. The van der Waals surface area contributed by atoms with Crippen molar-refractivity contribution in [1.29, 1.82) is 0 Å². The van der Waals surface area contributed by atoms with Crippen molar-refractivity contribution in [2.24, 2.45) is 16.7 Å². The minimum atomic E-state index is -4.64. The Morgan fingerprint density at radius 1 is 1.20 bits per heavy atom. The molecule has 1 N–H and O–H groups in total. The Balaban J connectivity index is 1.75. The van der Waals surface area contributed by atoms with Crippen molar-refractivity contribution in [2.45, 2.75) is 56.7 Å². The Morgan fingerprint density at radius 2 is 1.80 bits per heavy atom. The molecule has 1 aromatic carbocycles. The standard InChI is InChI=1S/C18H23F2NO3S/c1-17(2)12-8-9-18(17,3)14(10-12)21-15(22)11-4-6-13(7-5-11)25(23,24)16(19)20/h4-7,12,14,16H,8-10H2,1-3H3,(H,21,22)/t12-,14-,18-/m0/s1. The van der Waals surface area contributed by atoms with Crippen LogP contribution in [0.15, 0.2) is 29.2 Å². The molecule has 7 heteroatoms. The minimum Gasteiger partial charge on any atom is -0.349 e. The molecule has 3 rings (SSSR count). The monoisotopic (exact) mass is 371 g/mol. The molecule has 0 radical (unpaired) electrons. The summed E-state index contributed by atoms with van der Waals surface area (Å²) in [6.45, 7) is 6.71. The van der Waals surface area contributed by atoms with E-state index in [9.17, 15) is 22.0 Å². The number of rotatable bonds is 4. The van der Waals surface area contributed by atoms with Crippen molar-refractivity contribution < 1.29 is 22.0 Å².